The molecule has 0 aliphatic heterocycles. The van der Waals surface area contributed by atoms with Crippen molar-refractivity contribution in [2.45, 2.75) is 0 Å². The van der Waals surface area contributed by atoms with Crippen molar-refractivity contribution >= 4 is 70.9 Å². The number of rotatable bonds is 0. The van der Waals surface area contributed by atoms with E-state index in [1.54, 1.807) is 11.8 Å². The molecule has 0 spiro atoms. The van der Waals surface area contributed by atoms with Crippen molar-refractivity contribution < 1.29 is 0 Å². The van der Waals surface area contributed by atoms with Crippen molar-refractivity contribution in [1.29, 1.82) is 0 Å². The summed E-state index contributed by atoms with van der Waals surface area (Å²) in [7, 11) is 0. The first kappa shape index (κ1) is 15.7. The monoisotopic (exact) mass is 110 g/mol. The zero-order chi connectivity index (χ0) is 2.71. The van der Waals surface area contributed by atoms with Crippen LogP contribution in [0.3, 0.4) is 0 Å². The molecule has 0 atom stereocenters. The van der Waals surface area contributed by atoms with E-state index in [9.17, 15) is 0 Å². The summed E-state index contributed by atoms with van der Waals surface area (Å²) in [5, 5.41) is 0. The van der Waals surface area contributed by atoms with Gasteiger partial charge < -0.3 is 0 Å². The van der Waals surface area contributed by atoms with Gasteiger partial charge in [-0.05, 0) is 12.5 Å². The Balaban J connectivity index is -0.0000000200. The molecule has 0 N–H and O–H groups in total. The van der Waals surface area contributed by atoms with E-state index >= 15 is 0 Å². The molecule has 0 aliphatic carbocycles. The van der Waals surface area contributed by atoms with Crippen LogP contribution in [0.5, 0.6) is 0 Å². The van der Waals surface area contributed by atoms with Gasteiger partial charge in [0.15, 0.2) is 0 Å². The van der Waals surface area contributed by atoms with Crippen molar-refractivity contribution in [3.63, 3.8) is 0 Å². The number of hydrogen-bond donors (Lipinski definition) is 0. The Hall–Kier alpha value is 2.35. The summed E-state index contributed by atoms with van der Waals surface area (Å²) in [6, 6.07) is 0. The van der Waals surface area contributed by atoms with Crippen LogP contribution >= 0.6 is 11.8 Å². The van der Waals surface area contributed by atoms with Gasteiger partial charge in [-0.15, -0.1) is 0 Å². The summed E-state index contributed by atoms with van der Waals surface area (Å²) in [6.45, 7) is 0. The average molecular weight is 110 g/mol. The maximum absolute atomic E-state index is 2.04. The average Bonchev–Trinajstić information content (AvgIpc) is 0.918. The minimum atomic E-state index is 0. The SMILES string of the molecule is CSC.[NaH].[NaH]. The van der Waals surface area contributed by atoms with E-state index in [1.165, 1.54) is 0 Å². The van der Waals surface area contributed by atoms with Crippen molar-refractivity contribution in [2.75, 3.05) is 12.5 Å². The van der Waals surface area contributed by atoms with Gasteiger partial charge in [0.25, 0.3) is 0 Å². The quantitative estimate of drug-likeness (QED) is 0.385. The molecule has 0 fully saturated rings. The van der Waals surface area contributed by atoms with Gasteiger partial charge in [-0.25, -0.2) is 0 Å². The molecule has 0 aromatic rings. The van der Waals surface area contributed by atoms with Crippen LogP contribution in [0.15, 0.2) is 0 Å². The van der Waals surface area contributed by atoms with Crippen LogP contribution in [-0.4, -0.2) is 71.6 Å². The van der Waals surface area contributed by atoms with E-state index in [0.717, 1.165) is 0 Å². The van der Waals surface area contributed by atoms with E-state index in [0.29, 0.717) is 0 Å². The van der Waals surface area contributed by atoms with Gasteiger partial charge >= 0.3 is 59.1 Å². The molecule has 0 aromatic carbocycles. The second-order valence-electron chi connectivity index (χ2n) is 0.408. The zero-order valence-corrected chi connectivity index (χ0v) is 3.22. The summed E-state index contributed by atoms with van der Waals surface area (Å²) in [4.78, 5) is 0. The van der Waals surface area contributed by atoms with E-state index in [2.05, 4.69) is 0 Å². The third-order valence-electron chi connectivity index (χ3n) is 0. The Labute approximate surface area is 82.1 Å². The molecule has 3 heteroatoms. The van der Waals surface area contributed by atoms with Gasteiger partial charge in [-0.2, -0.15) is 11.8 Å². The summed E-state index contributed by atoms with van der Waals surface area (Å²) in [6.07, 6.45) is 4.08. The van der Waals surface area contributed by atoms with Crippen molar-refractivity contribution in [2.24, 2.45) is 0 Å². The minimum absolute atomic E-state index is 0. The number of hydrogen-bond acceptors (Lipinski definition) is 1. The molecule has 0 heterocycles. The van der Waals surface area contributed by atoms with Crippen molar-refractivity contribution in [1.82, 2.24) is 0 Å². The predicted octanol–water partition coefficient (Wildman–Crippen LogP) is -0.318. The van der Waals surface area contributed by atoms with Crippen LogP contribution in [0.2, 0.25) is 0 Å². The van der Waals surface area contributed by atoms with Crippen LogP contribution in [0, 0.1) is 0 Å². The van der Waals surface area contributed by atoms with Crippen LogP contribution in [0.25, 0.3) is 0 Å². The fraction of sp³-hybridized carbons (Fsp3) is 1.00. The normalized spacial score (nSPS) is 3.60. The molecule has 0 radical (unpaired) electrons. The Kier molecular flexibility index (Phi) is 50.7. The zero-order valence-electron chi connectivity index (χ0n) is 2.41. The van der Waals surface area contributed by atoms with E-state index < -0.39 is 0 Å². The standard InChI is InChI=1S/C2H6S.2Na.2H/c1-3-2;;;;/h1-2H3;;;;. The predicted molar refractivity (Wildman–Crippen MR) is 33.7 cm³/mol. The molecular weight excluding hydrogens is 102 g/mol. The Morgan fingerprint density at radius 3 is 1.00 bits per heavy atom. The van der Waals surface area contributed by atoms with Gasteiger partial charge in [0.1, 0.15) is 0 Å². The van der Waals surface area contributed by atoms with Gasteiger partial charge in [0.2, 0.25) is 0 Å². The second kappa shape index (κ2) is 16.2. The molecule has 0 bridgehead atoms. The van der Waals surface area contributed by atoms with Crippen LogP contribution in [-0.2, 0) is 0 Å². The fourth-order valence-electron chi connectivity index (χ4n) is 0. The van der Waals surface area contributed by atoms with E-state index in [4.69, 9.17) is 0 Å². The molecule has 0 saturated carbocycles. The molecule has 24 valence electrons. The second-order valence-corrected chi connectivity index (χ2v) is 1.22. The maximum atomic E-state index is 2.04. The fourth-order valence-corrected chi connectivity index (χ4v) is 0. The third-order valence-corrected chi connectivity index (χ3v) is 0. The molecule has 0 unspecified atom stereocenters. The Bertz CT molecular complexity index is 7.61. The topological polar surface area (TPSA) is 0 Å². The molecule has 0 rings (SSSR count). The molecule has 0 saturated heterocycles. The molecule has 0 aromatic heterocycles. The molecule has 5 heavy (non-hydrogen) atoms. The Morgan fingerprint density at radius 1 is 1.00 bits per heavy atom. The third kappa shape index (κ3) is 21.8. The van der Waals surface area contributed by atoms with Gasteiger partial charge in [-0.1, -0.05) is 0 Å². The summed E-state index contributed by atoms with van der Waals surface area (Å²) >= 11 is 1.75. The van der Waals surface area contributed by atoms with Gasteiger partial charge in [-0.3, -0.25) is 0 Å². The summed E-state index contributed by atoms with van der Waals surface area (Å²) < 4.78 is 0. The van der Waals surface area contributed by atoms with Crippen molar-refractivity contribution in [3.8, 4) is 0 Å². The molecular formula is C2H8Na2S. The van der Waals surface area contributed by atoms with E-state index in [1.807, 2.05) is 12.5 Å². The van der Waals surface area contributed by atoms with Crippen LogP contribution < -0.4 is 0 Å². The Morgan fingerprint density at radius 2 is 1.00 bits per heavy atom. The summed E-state index contributed by atoms with van der Waals surface area (Å²) in [5.74, 6) is 0. The molecule has 0 aliphatic rings. The van der Waals surface area contributed by atoms with Crippen LogP contribution in [0.1, 0.15) is 0 Å². The first-order valence-electron chi connectivity index (χ1n) is 0.816. The van der Waals surface area contributed by atoms with Crippen molar-refractivity contribution in [3.05, 3.63) is 0 Å². The van der Waals surface area contributed by atoms with Gasteiger partial charge in [0.05, 0.1) is 0 Å². The van der Waals surface area contributed by atoms with Crippen LogP contribution in [0.4, 0.5) is 0 Å². The molecule has 0 amide bonds. The first-order valence-corrected chi connectivity index (χ1v) is 2.45. The van der Waals surface area contributed by atoms with E-state index in [-0.39, 0.29) is 59.1 Å². The number of thioether (sulfide) groups is 1. The first-order chi connectivity index (χ1) is 1.41. The summed E-state index contributed by atoms with van der Waals surface area (Å²) in [5.41, 5.74) is 0. The van der Waals surface area contributed by atoms with Gasteiger partial charge in [0, 0.05) is 0 Å². The molecule has 0 nitrogen and oxygen atoms in total.